The Morgan fingerprint density at radius 1 is 1.12 bits per heavy atom. The van der Waals surface area contributed by atoms with Gasteiger partial charge in [0, 0.05) is 16.5 Å². The van der Waals surface area contributed by atoms with Crippen molar-refractivity contribution in [2.24, 2.45) is 0 Å². The average Bonchev–Trinajstić information content (AvgIpc) is 2.62. The smallest absolute Gasteiger partial charge is 0.186 e. The predicted octanol–water partition coefficient (Wildman–Crippen LogP) is 4.44. The maximum atomic E-state index is 11.9. The SMILES string of the molecule is CC1=C(C)/C(=C/C(=O)c2ccccc2)SS1. The fourth-order valence-electron chi connectivity index (χ4n) is 1.34. The first kappa shape index (κ1) is 11.6. The zero-order valence-corrected chi connectivity index (χ0v) is 10.8. The Labute approximate surface area is 103 Å². The van der Waals surface area contributed by atoms with E-state index >= 15 is 0 Å². The van der Waals surface area contributed by atoms with Crippen LogP contribution in [0.15, 0.2) is 51.8 Å². The van der Waals surface area contributed by atoms with Gasteiger partial charge < -0.3 is 0 Å². The average molecular weight is 248 g/mol. The van der Waals surface area contributed by atoms with E-state index in [1.54, 1.807) is 27.7 Å². The van der Waals surface area contributed by atoms with Crippen LogP contribution in [0.5, 0.6) is 0 Å². The minimum atomic E-state index is 0.0813. The summed E-state index contributed by atoms with van der Waals surface area (Å²) < 4.78 is 0. The third kappa shape index (κ3) is 2.42. The van der Waals surface area contributed by atoms with Crippen molar-refractivity contribution in [3.8, 4) is 0 Å². The predicted molar refractivity (Wildman–Crippen MR) is 72.4 cm³/mol. The van der Waals surface area contributed by atoms with Gasteiger partial charge in [0.1, 0.15) is 0 Å². The molecule has 0 bridgehead atoms. The van der Waals surface area contributed by atoms with Crippen molar-refractivity contribution in [2.45, 2.75) is 13.8 Å². The lowest BCUT2D eigenvalue weighted by molar-refractivity contribution is 0.104. The minimum absolute atomic E-state index is 0.0813. The first-order valence-corrected chi connectivity index (χ1v) is 7.17. The number of carbonyl (C=O) groups excluding carboxylic acids is 1. The van der Waals surface area contributed by atoms with Gasteiger partial charge in [-0.1, -0.05) is 51.9 Å². The summed E-state index contributed by atoms with van der Waals surface area (Å²) in [6.07, 6.45) is 1.73. The van der Waals surface area contributed by atoms with Gasteiger partial charge in [0.2, 0.25) is 0 Å². The largest absolute Gasteiger partial charge is 0.289 e. The van der Waals surface area contributed by atoms with Crippen LogP contribution >= 0.6 is 21.6 Å². The highest BCUT2D eigenvalue weighted by molar-refractivity contribution is 8.80. The van der Waals surface area contributed by atoms with E-state index < -0.39 is 0 Å². The molecule has 0 atom stereocenters. The first-order chi connectivity index (χ1) is 7.68. The Hall–Kier alpha value is -0.930. The first-order valence-electron chi connectivity index (χ1n) is 5.02. The molecule has 1 aromatic rings. The van der Waals surface area contributed by atoms with Crippen LogP contribution in [0, 0.1) is 0 Å². The maximum Gasteiger partial charge on any atom is 0.186 e. The van der Waals surface area contributed by atoms with Crippen molar-refractivity contribution in [3.05, 3.63) is 57.4 Å². The second-order valence-electron chi connectivity index (χ2n) is 3.59. The van der Waals surface area contributed by atoms with E-state index in [0.717, 1.165) is 10.5 Å². The third-order valence-electron chi connectivity index (χ3n) is 2.47. The lowest BCUT2D eigenvalue weighted by atomic mass is 10.1. The Kier molecular flexibility index (Phi) is 3.56. The highest BCUT2D eigenvalue weighted by atomic mass is 33.1. The van der Waals surface area contributed by atoms with Gasteiger partial charge in [0.25, 0.3) is 0 Å². The molecule has 0 saturated heterocycles. The number of benzene rings is 1. The molecule has 0 amide bonds. The topological polar surface area (TPSA) is 17.1 Å². The van der Waals surface area contributed by atoms with E-state index in [2.05, 4.69) is 13.8 Å². The van der Waals surface area contributed by atoms with Crippen LogP contribution < -0.4 is 0 Å². The van der Waals surface area contributed by atoms with Gasteiger partial charge >= 0.3 is 0 Å². The van der Waals surface area contributed by atoms with Gasteiger partial charge in [0.05, 0.1) is 0 Å². The fraction of sp³-hybridized carbons (Fsp3) is 0.154. The molecule has 82 valence electrons. The van der Waals surface area contributed by atoms with Gasteiger partial charge in [-0.3, -0.25) is 4.79 Å². The normalized spacial score (nSPS) is 18.2. The highest BCUT2D eigenvalue weighted by Crippen LogP contribution is 2.48. The Morgan fingerprint density at radius 2 is 1.81 bits per heavy atom. The van der Waals surface area contributed by atoms with Gasteiger partial charge in [-0.2, -0.15) is 0 Å². The van der Waals surface area contributed by atoms with Crippen molar-refractivity contribution in [1.82, 2.24) is 0 Å². The van der Waals surface area contributed by atoms with E-state index in [-0.39, 0.29) is 5.78 Å². The second-order valence-corrected chi connectivity index (χ2v) is 5.97. The van der Waals surface area contributed by atoms with E-state index in [9.17, 15) is 4.79 Å². The van der Waals surface area contributed by atoms with Crippen molar-refractivity contribution >= 4 is 27.4 Å². The highest BCUT2D eigenvalue weighted by Gasteiger charge is 2.16. The van der Waals surface area contributed by atoms with E-state index in [1.807, 2.05) is 30.3 Å². The molecule has 1 aliphatic rings. The van der Waals surface area contributed by atoms with Gasteiger partial charge in [0.15, 0.2) is 5.78 Å². The van der Waals surface area contributed by atoms with Crippen LogP contribution in [0.1, 0.15) is 24.2 Å². The molecule has 0 aliphatic carbocycles. The summed E-state index contributed by atoms with van der Waals surface area (Å²) in [5.41, 5.74) is 1.97. The molecule has 0 unspecified atom stereocenters. The van der Waals surface area contributed by atoms with Gasteiger partial charge in [-0.15, -0.1) is 0 Å². The van der Waals surface area contributed by atoms with Crippen LogP contribution in [0.4, 0.5) is 0 Å². The van der Waals surface area contributed by atoms with Crippen molar-refractivity contribution < 1.29 is 4.79 Å². The number of allylic oxidation sites excluding steroid dienone is 3. The standard InChI is InChI=1S/C13H12OS2/c1-9-10(2)15-16-13(9)8-12(14)11-6-4-3-5-7-11/h3-8H,1-2H3/b13-8-. The Bertz CT molecular complexity index is 472. The maximum absolute atomic E-state index is 11.9. The van der Waals surface area contributed by atoms with Crippen LogP contribution in [-0.2, 0) is 0 Å². The second kappa shape index (κ2) is 4.93. The summed E-state index contributed by atoms with van der Waals surface area (Å²) in [6, 6.07) is 9.38. The zero-order valence-electron chi connectivity index (χ0n) is 9.19. The van der Waals surface area contributed by atoms with E-state index in [1.165, 1.54) is 10.5 Å². The Balaban J connectivity index is 2.23. The van der Waals surface area contributed by atoms with Crippen LogP contribution in [0.3, 0.4) is 0 Å². The van der Waals surface area contributed by atoms with Crippen LogP contribution in [-0.4, -0.2) is 5.78 Å². The number of ketones is 1. The lowest BCUT2D eigenvalue weighted by Gasteiger charge is -1.98. The number of hydrogen-bond donors (Lipinski definition) is 0. The zero-order chi connectivity index (χ0) is 11.5. The van der Waals surface area contributed by atoms with Gasteiger partial charge in [-0.05, 0) is 24.3 Å². The summed E-state index contributed by atoms with van der Waals surface area (Å²) in [6.45, 7) is 4.15. The van der Waals surface area contributed by atoms with Crippen LogP contribution in [0.2, 0.25) is 0 Å². The summed E-state index contributed by atoms with van der Waals surface area (Å²) in [4.78, 5) is 14.3. The molecule has 1 aliphatic heterocycles. The summed E-state index contributed by atoms with van der Waals surface area (Å²) in [5, 5.41) is 0. The quantitative estimate of drug-likeness (QED) is 0.437. The fourth-order valence-corrected chi connectivity index (χ4v) is 3.83. The molecular formula is C13H12OS2. The van der Waals surface area contributed by atoms with Gasteiger partial charge in [-0.25, -0.2) is 0 Å². The van der Waals surface area contributed by atoms with Crippen LogP contribution in [0.25, 0.3) is 0 Å². The molecule has 3 heteroatoms. The van der Waals surface area contributed by atoms with E-state index in [0.29, 0.717) is 0 Å². The number of carbonyl (C=O) groups is 1. The molecule has 1 nitrogen and oxygen atoms in total. The molecule has 0 N–H and O–H groups in total. The number of rotatable bonds is 2. The van der Waals surface area contributed by atoms with Crippen molar-refractivity contribution in [2.75, 3.05) is 0 Å². The molecule has 1 heterocycles. The Morgan fingerprint density at radius 3 is 2.38 bits per heavy atom. The molecule has 0 aromatic heterocycles. The molecule has 0 fully saturated rings. The monoisotopic (exact) mass is 248 g/mol. The summed E-state index contributed by atoms with van der Waals surface area (Å²) in [7, 11) is 3.39. The summed E-state index contributed by atoms with van der Waals surface area (Å²) in [5.74, 6) is 0.0813. The molecule has 0 spiro atoms. The third-order valence-corrected chi connectivity index (χ3v) is 5.26. The molecule has 2 rings (SSSR count). The minimum Gasteiger partial charge on any atom is -0.289 e. The van der Waals surface area contributed by atoms with E-state index in [4.69, 9.17) is 0 Å². The van der Waals surface area contributed by atoms with Crippen molar-refractivity contribution in [1.29, 1.82) is 0 Å². The molecular weight excluding hydrogens is 236 g/mol. The summed E-state index contributed by atoms with van der Waals surface area (Å²) >= 11 is 0. The molecule has 0 radical (unpaired) electrons. The molecule has 16 heavy (non-hydrogen) atoms. The molecule has 1 aromatic carbocycles. The van der Waals surface area contributed by atoms with Crippen molar-refractivity contribution in [3.63, 3.8) is 0 Å². The molecule has 0 saturated carbocycles. The number of hydrogen-bond acceptors (Lipinski definition) is 3. The lowest BCUT2D eigenvalue weighted by Crippen LogP contribution is -1.94.